The summed E-state index contributed by atoms with van der Waals surface area (Å²) in [7, 11) is 1.54. The fourth-order valence-corrected chi connectivity index (χ4v) is 2.33. The van der Waals surface area contributed by atoms with E-state index in [0.29, 0.717) is 20.8 Å². The van der Waals surface area contributed by atoms with Gasteiger partial charge in [-0.05, 0) is 34.1 Å². The van der Waals surface area contributed by atoms with Crippen LogP contribution in [0, 0.1) is 0 Å². The Morgan fingerprint density at radius 1 is 1.50 bits per heavy atom. The zero-order valence-corrected chi connectivity index (χ0v) is 12.8. The third-order valence-electron chi connectivity index (χ3n) is 2.61. The summed E-state index contributed by atoms with van der Waals surface area (Å²) in [6.07, 6.45) is 2.63. The highest BCUT2D eigenvalue weighted by atomic mass is 79.9. The van der Waals surface area contributed by atoms with Crippen LogP contribution in [0.25, 0.3) is 0 Å². The summed E-state index contributed by atoms with van der Waals surface area (Å²) in [5, 5.41) is 0.299. The van der Waals surface area contributed by atoms with Crippen LogP contribution in [-0.2, 0) is 6.54 Å². The third kappa shape index (κ3) is 3.26. The molecule has 1 aromatic carbocycles. The molecule has 1 heterocycles. The van der Waals surface area contributed by atoms with Crippen molar-refractivity contribution in [2.24, 2.45) is 0 Å². The standard InChI is InChI=1S/C13H10BrClN2O3/c1-20-12-3-2-8(4-10(12)14)11(18)7-17-6-9(15)5-16-13(17)19/h2-6H,7H2,1H3. The Bertz CT molecular complexity index is 715. The zero-order valence-electron chi connectivity index (χ0n) is 10.5. The number of Topliss-reactive ketones (excluding diaryl/α,β-unsaturated/α-hetero) is 1. The lowest BCUT2D eigenvalue weighted by atomic mass is 10.1. The van der Waals surface area contributed by atoms with Crippen LogP contribution in [0.15, 0.2) is 39.9 Å². The summed E-state index contributed by atoms with van der Waals surface area (Å²) in [5.41, 5.74) is -0.0557. The number of ether oxygens (including phenoxy) is 1. The van der Waals surface area contributed by atoms with E-state index in [1.165, 1.54) is 17.0 Å². The monoisotopic (exact) mass is 356 g/mol. The molecule has 20 heavy (non-hydrogen) atoms. The number of benzene rings is 1. The highest BCUT2D eigenvalue weighted by Gasteiger charge is 2.11. The second-order valence-corrected chi connectivity index (χ2v) is 5.25. The van der Waals surface area contributed by atoms with Gasteiger partial charge in [0.1, 0.15) is 5.75 Å². The van der Waals surface area contributed by atoms with Crippen LogP contribution in [0.1, 0.15) is 10.4 Å². The average molecular weight is 358 g/mol. The van der Waals surface area contributed by atoms with Gasteiger partial charge in [-0.25, -0.2) is 9.78 Å². The minimum Gasteiger partial charge on any atom is -0.496 e. The maximum Gasteiger partial charge on any atom is 0.348 e. The van der Waals surface area contributed by atoms with Crippen molar-refractivity contribution >= 4 is 33.3 Å². The van der Waals surface area contributed by atoms with Crippen molar-refractivity contribution < 1.29 is 9.53 Å². The maximum absolute atomic E-state index is 12.1. The first kappa shape index (κ1) is 14.7. The molecule has 2 rings (SSSR count). The third-order valence-corrected chi connectivity index (χ3v) is 3.43. The summed E-state index contributed by atoms with van der Waals surface area (Å²) in [4.78, 5) is 27.2. The molecule has 0 unspecified atom stereocenters. The second kappa shape index (κ2) is 6.19. The highest BCUT2D eigenvalue weighted by Crippen LogP contribution is 2.25. The van der Waals surface area contributed by atoms with E-state index in [1.54, 1.807) is 25.3 Å². The molecule has 7 heteroatoms. The molecule has 2 aromatic rings. The SMILES string of the molecule is COc1ccc(C(=O)Cn2cc(Cl)cnc2=O)cc1Br. The first-order valence-electron chi connectivity index (χ1n) is 5.60. The van der Waals surface area contributed by atoms with Crippen molar-refractivity contribution in [2.45, 2.75) is 6.54 Å². The highest BCUT2D eigenvalue weighted by molar-refractivity contribution is 9.10. The van der Waals surface area contributed by atoms with Gasteiger partial charge in [0, 0.05) is 11.8 Å². The normalized spacial score (nSPS) is 10.3. The van der Waals surface area contributed by atoms with Crippen LogP contribution < -0.4 is 10.4 Å². The van der Waals surface area contributed by atoms with Crippen molar-refractivity contribution in [1.82, 2.24) is 9.55 Å². The fraction of sp³-hybridized carbons (Fsp3) is 0.154. The van der Waals surface area contributed by atoms with E-state index in [0.717, 1.165) is 0 Å². The summed E-state index contributed by atoms with van der Waals surface area (Å²) in [6.45, 7) is -0.120. The Morgan fingerprint density at radius 3 is 2.90 bits per heavy atom. The van der Waals surface area contributed by atoms with Crippen LogP contribution in [0.3, 0.4) is 0 Å². The van der Waals surface area contributed by atoms with E-state index in [-0.39, 0.29) is 12.3 Å². The van der Waals surface area contributed by atoms with Crippen LogP contribution in [0.5, 0.6) is 5.75 Å². The Morgan fingerprint density at radius 2 is 2.25 bits per heavy atom. The minimum atomic E-state index is -0.518. The molecular formula is C13H10BrClN2O3. The van der Waals surface area contributed by atoms with Gasteiger partial charge in [0.2, 0.25) is 0 Å². The summed E-state index contributed by atoms with van der Waals surface area (Å²) in [6, 6.07) is 4.95. The first-order chi connectivity index (χ1) is 9.51. The molecule has 0 fully saturated rings. The number of hydrogen-bond acceptors (Lipinski definition) is 4. The number of carbonyl (C=O) groups is 1. The van der Waals surface area contributed by atoms with Gasteiger partial charge in [-0.15, -0.1) is 0 Å². The van der Waals surface area contributed by atoms with Gasteiger partial charge < -0.3 is 4.74 Å². The molecule has 0 atom stereocenters. The van der Waals surface area contributed by atoms with Gasteiger partial charge in [-0.2, -0.15) is 0 Å². The maximum atomic E-state index is 12.1. The fourth-order valence-electron chi connectivity index (χ4n) is 1.63. The molecule has 1 aromatic heterocycles. The van der Waals surface area contributed by atoms with E-state index in [2.05, 4.69) is 20.9 Å². The lowest BCUT2D eigenvalue weighted by Gasteiger charge is -2.07. The van der Waals surface area contributed by atoms with Crippen molar-refractivity contribution in [3.63, 3.8) is 0 Å². The number of methoxy groups -OCH3 is 1. The molecule has 0 saturated carbocycles. The predicted octanol–water partition coefficient (Wildman–Crippen LogP) is 2.55. The Hall–Kier alpha value is -1.66. The minimum absolute atomic E-state index is 0.120. The van der Waals surface area contributed by atoms with Gasteiger partial charge in [0.25, 0.3) is 0 Å². The van der Waals surface area contributed by atoms with E-state index in [9.17, 15) is 9.59 Å². The number of nitrogens with zero attached hydrogens (tertiary/aromatic N) is 2. The lowest BCUT2D eigenvalue weighted by Crippen LogP contribution is -2.25. The molecule has 0 aliphatic carbocycles. The Kier molecular flexibility index (Phi) is 4.57. The van der Waals surface area contributed by atoms with Gasteiger partial charge in [-0.1, -0.05) is 11.6 Å². The van der Waals surface area contributed by atoms with Crippen molar-refractivity contribution in [1.29, 1.82) is 0 Å². The number of halogens is 2. The molecule has 0 aliphatic rings. The van der Waals surface area contributed by atoms with Crippen LogP contribution in [0.4, 0.5) is 0 Å². The van der Waals surface area contributed by atoms with Crippen LogP contribution >= 0.6 is 27.5 Å². The number of hydrogen-bond donors (Lipinski definition) is 0. The summed E-state index contributed by atoms with van der Waals surface area (Å²) in [5.74, 6) is 0.405. The molecule has 0 spiro atoms. The molecule has 0 N–H and O–H groups in total. The molecule has 0 amide bonds. The second-order valence-electron chi connectivity index (χ2n) is 3.96. The molecular weight excluding hydrogens is 348 g/mol. The van der Waals surface area contributed by atoms with Gasteiger partial charge >= 0.3 is 5.69 Å². The molecule has 5 nitrogen and oxygen atoms in total. The largest absolute Gasteiger partial charge is 0.496 e. The van der Waals surface area contributed by atoms with E-state index < -0.39 is 5.69 Å². The Labute approximate surface area is 128 Å². The van der Waals surface area contributed by atoms with Crippen molar-refractivity contribution in [3.8, 4) is 5.75 Å². The molecule has 0 aliphatic heterocycles. The quantitative estimate of drug-likeness (QED) is 0.789. The zero-order chi connectivity index (χ0) is 14.7. The van der Waals surface area contributed by atoms with E-state index in [1.807, 2.05) is 0 Å². The predicted molar refractivity (Wildman–Crippen MR) is 78.5 cm³/mol. The van der Waals surface area contributed by atoms with Crippen LogP contribution in [-0.4, -0.2) is 22.4 Å². The first-order valence-corrected chi connectivity index (χ1v) is 6.77. The van der Waals surface area contributed by atoms with Crippen LogP contribution in [0.2, 0.25) is 5.02 Å². The van der Waals surface area contributed by atoms with E-state index >= 15 is 0 Å². The lowest BCUT2D eigenvalue weighted by molar-refractivity contribution is 0.0970. The average Bonchev–Trinajstić information content (AvgIpc) is 2.42. The molecule has 0 bridgehead atoms. The smallest absolute Gasteiger partial charge is 0.348 e. The summed E-state index contributed by atoms with van der Waals surface area (Å²) >= 11 is 9.06. The van der Waals surface area contributed by atoms with Gasteiger partial charge in [-0.3, -0.25) is 9.36 Å². The molecule has 104 valence electrons. The number of rotatable bonds is 4. The number of ketones is 1. The van der Waals surface area contributed by atoms with Crippen molar-refractivity contribution in [2.75, 3.05) is 7.11 Å². The van der Waals surface area contributed by atoms with Gasteiger partial charge in [0.15, 0.2) is 5.78 Å². The molecule has 0 saturated heterocycles. The summed E-state index contributed by atoms with van der Waals surface area (Å²) < 4.78 is 6.93. The van der Waals surface area contributed by atoms with Crippen molar-refractivity contribution in [3.05, 3.63) is 56.1 Å². The molecule has 0 radical (unpaired) electrons. The number of carbonyl (C=O) groups excluding carboxylic acids is 1. The van der Waals surface area contributed by atoms with E-state index in [4.69, 9.17) is 16.3 Å². The van der Waals surface area contributed by atoms with Gasteiger partial charge in [0.05, 0.1) is 29.3 Å². The Balaban J connectivity index is 2.26. The number of aromatic nitrogens is 2. The topological polar surface area (TPSA) is 61.2 Å².